The summed E-state index contributed by atoms with van der Waals surface area (Å²) in [6.07, 6.45) is 14.3. The second-order valence-corrected chi connectivity index (χ2v) is 8.78. The third kappa shape index (κ3) is 1.80. The Morgan fingerprint density at radius 3 is 2.55 bits per heavy atom. The van der Waals surface area contributed by atoms with Crippen molar-refractivity contribution in [3.05, 3.63) is 23.3 Å². The minimum Gasteiger partial charge on any atom is -0.295 e. The number of hydrogen-bond donors (Lipinski definition) is 0. The zero-order valence-corrected chi connectivity index (χ0v) is 14.5. The van der Waals surface area contributed by atoms with Crippen LogP contribution in [0.5, 0.6) is 0 Å². The van der Waals surface area contributed by atoms with Crippen molar-refractivity contribution in [1.29, 1.82) is 0 Å². The fourth-order valence-corrected chi connectivity index (χ4v) is 6.88. The monoisotopic (exact) mass is 298 g/mol. The average molecular weight is 298 g/mol. The molecule has 0 aliphatic heterocycles. The van der Waals surface area contributed by atoms with E-state index in [0.717, 1.165) is 30.6 Å². The second kappa shape index (κ2) is 4.82. The van der Waals surface area contributed by atoms with E-state index in [1.54, 1.807) is 5.57 Å². The van der Waals surface area contributed by atoms with Gasteiger partial charge in [0.15, 0.2) is 5.78 Å². The van der Waals surface area contributed by atoms with Crippen LogP contribution in [0.25, 0.3) is 0 Å². The maximum absolute atomic E-state index is 11.9. The Morgan fingerprint density at radius 2 is 1.77 bits per heavy atom. The Hall–Kier alpha value is -0.850. The number of rotatable bonds is 0. The number of fused-ring (bicyclic) bond motifs is 5. The van der Waals surface area contributed by atoms with Crippen molar-refractivity contribution in [1.82, 2.24) is 0 Å². The Morgan fingerprint density at radius 1 is 1.00 bits per heavy atom. The zero-order valence-electron chi connectivity index (χ0n) is 14.5. The summed E-state index contributed by atoms with van der Waals surface area (Å²) in [6.45, 7) is 7.27. The molecule has 4 rings (SSSR count). The number of ketones is 1. The normalized spacial score (nSPS) is 49.4. The SMILES string of the molecule is C/C=C1\CCC2C3CCC4=CC(=O)CC[C@@]4(C)C3CC[C@@]12C. The Bertz CT molecular complexity index is 568. The van der Waals surface area contributed by atoms with Gasteiger partial charge in [0.1, 0.15) is 0 Å². The summed E-state index contributed by atoms with van der Waals surface area (Å²) in [5.41, 5.74) is 4.05. The van der Waals surface area contributed by atoms with Gasteiger partial charge in [-0.1, -0.05) is 31.1 Å². The Kier molecular flexibility index (Phi) is 3.23. The van der Waals surface area contributed by atoms with Gasteiger partial charge in [-0.3, -0.25) is 4.79 Å². The molecule has 4 aliphatic rings. The smallest absolute Gasteiger partial charge is 0.155 e. The van der Waals surface area contributed by atoms with E-state index in [-0.39, 0.29) is 0 Å². The highest BCUT2D eigenvalue weighted by Crippen LogP contribution is 2.66. The maximum Gasteiger partial charge on any atom is 0.155 e. The lowest BCUT2D eigenvalue weighted by atomic mass is 9.47. The largest absolute Gasteiger partial charge is 0.295 e. The summed E-state index contributed by atoms with van der Waals surface area (Å²) in [5, 5.41) is 0. The van der Waals surface area contributed by atoms with E-state index < -0.39 is 0 Å². The molecule has 1 heteroatoms. The highest BCUT2D eigenvalue weighted by molar-refractivity contribution is 5.91. The minimum absolute atomic E-state index is 0.330. The lowest BCUT2D eigenvalue weighted by Crippen LogP contribution is -2.49. The van der Waals surface area contributed by atoms with Gasteiger partial charge < -0.3 is 0 Å². The molecule has 0 aromatic rings. The molecule has 0 bridgehead atoms. The molecule has 0 N–H and O–H groups in total. The van der Waals surface area contributed by atoms with Crippen molar-refractivity contribution in [2.24, 2.45) is 28.6 Å². The first-order valence-electron chi connectivity index (χ1n) is 9.38. The quantitative estimate of drug-likeness (QED) is 0.542. The number of carbonyl (C=O) groups is 1. The van der Waals surface area contributed by atoms with Crippen LogP contribution in [-0.2, 0) is 4.79 Å². The number of carbonyl (C=O) groups excluding carboxylic acids is 1. The van der Waals surface area contributed by atoms with Crippen molar-refractivity contribution >= 4 is 5.78 Å². The van der Waals surface area contributed by atoms with Crippen LogP contribution < -0.4 is 0 Å². The van der Waals surface area contributed by atoms with Crippen LogP contribution in [-0.4, -0.2) is 5.78 Å². The van der Waals surface area contributed by atoms with Gasteiger partial charge in [-0.25, -0.2) is 0 Å². The standard InChI is InChI=1S/C21H30O/c1-4-14-6-8-18-17-7-5-15-13-16(22)9-11-21(15,3)19(17)10-12-20(14,18)2/h4,13,17-19H,5-12H2,1-3H3/b14-4+/t17?,18?,19?,20-,21+/m0/s1. The van der Waals surface area contributed by atoms with Gasteiger partial charge in [0, 0.05) is 6.42 Å². The first-order valence-corrected chi connectivity index (χ1v) is 9.38. The summed E-state index contributed by atoms with van der Waals surface area (Å²) in [6, 6.07) is 0. The van der Waals surface area contributed by atoms with Crippen LogP contribution in [0, 0.1) is 28.6 Å². The van der Waals surface area contributed by atoms with Gasteiger partial charge in [-0.2, -0.15) is 0 Å². The molecule has 0 spiro atoms. The van der Waals surface area contributed by atoms with Crippen LogP contribution >= 0.6 is 0 Å². The first-order chi connectivity index (χ1) is 10.5. The zero-order chi connectivity index (χ0) is 15.5. The van der Waals surface area contributed by atoms with E-state index in [1.807, 2.05) is 6.08 Å². The molecule has 0 saturated heterocycles. The molecule has 0 amide bonds. The number of allylic oxidation sites excluding steroid dienone is 3. The molecule has 3 fully saturated rings. The molecule has 3 saturated carbocycles. The fourth-order valence-electron chi connectivity index (χ4n) is 6.88. The summed E-state index contributed by atoms with van der Waals surface area (Å²) in [7, 11) is 0. The van der Waals surface area contributed by atoms with E-state index in [1.165, 1.54) is 44.1 Å². The van der Waals surface area contributed by atoms with Crippen molar-refractivity contribution in [2.45, 2.75) is 72.1 Å². The molecular weight excluding hydrogens is 268 g/mol. The van der Waals surface area contributed by atoms with Gasteiger partial charge in [0.25, 0.3) is 0 Å². The third-order valence-electron chi connectivity index (χ3n) is 8.16. The van der Waals surface area contributed by atoms with E-state index in [2.05, 4.69) is 26.8 Å². The second-order valence-electron chi connectivity index (χ2n) is 8.78. The fraction of sp³-hybridized carbons (Fsp3) is 0.762. The highest BCUT2D eigenvalue weighted by Gasteiger charge is 2.57. The molecule has 3 unspecified atom stereocenters. The summed E-state index contributed by atoms with van der Waals surface area (Å²) >= 11 is 0. The first kappa shape index (κ1) is 14.7. The Balaban J connectivity index is 1.70. The predicted octanol–water partition coefficient (Wildman–Crippen LogP) is 5.46. The van der Waals surface area contributed by atoms with E-state index in [9.17, 15) is 4.79 Å². The van der Waals surface area contributed by atoms with Crippen molar-refractivity contribution in [3.63, 3.8) is 0 Å². The van der Waals surface area contributed by atoms with E-state index in [4.69, 9.17) is 0 Å². The maximum atomic E-state index is 11.9. The minimum atomic E-state index is 0.330. The average Bonchev–Trinajstić information content (AvgIpc) is 2.84. The van der Waals surface area contributed by atoms with Gasteiger partial charge in [0.05, 0.1) is 0 Å². The van der Waals surface area contributed by atoms with Crippen molar-refractivity contribution in [2.75, 3.05) is 0 Å². The van der Waals surface area contributed by atoms with E-state index in [0.29, 0.717) is 16.6 Å². The third-order valence-corrected chi connectivity index (χ3v) is 8.16. The van der Waals surface area contributed by atoms with Crippen molar-refractivity contribution < 1.29 is 4.79 Å². The van der Waals surface area contributed by atoms with Gasteiger partial charge in [-0.05, 0) is 86.5 Å². The molecular formula is C21H30O. The molecule has 0 radical (unpaired) electrons. The van der Waals surface area contributed by atoms with Gasteiger partial charge in [-0.15, -0.1) is 0 Å². The topological polar surface area (TPSA) is 17.1 Å². The molecule has 22 heavy (non-hydrogen) atoms. The van der Waals surface area contributed by atoms with Crippen LogP contribution in [0.15, 0.2) is 23.3 Å². The molecule has 4 aliphatic carbocycles. The van der Waals surface area contributed by atoms with E-state index >= 15 is 0 Å². The van der Waals surface area contributed by atoms with Crippen LogP contribution in [0.4, 0.5) is 0 Å². The highest BCUT2D eigenvalue weighted by atomic mass is 16.1. The molecule has 5 atom stereocenters. The summed E-state index contributed by atoms with van der Waals surface area (Å²) < 4.78 is 0. The van der Waals surface area contributed by atoms with Crippen LogP contribution in [0.2, 0.25) is 0 Å². The molecule has 0 heterocycles. The summed E-state index contributed by atoms with van der Waals surface area (Å²) in [5.74, 6) is 3.00. The van der Waals surface area contributed by atoms with Gasteiger partial charge >= 0.3 is 0 Å². The van der Waals surface area contributed by atoms with Crippen LogP contribution in [0.3, 0.4) is 0 Å². The van der Waals surface area contributed by atoms with Crippen molar-refractivity contribution in [3.8, 4) is 0 Å². The Labute approximate surface area is 135 Å². The predicted molar refractivity (Wildman–Crippen MR) is 90.5 cm³/mol. The molecule has 1 nitrogen and oxygen atoms in total. The molecule has 120 valence electrons. The van der Waals surface area contributed by atoms with Crippen LogP contribution in [0.1, 0.15) is 72.1 Å². The molecule has 0 aromatic heterocycles. The summed E-state index contributed by atoms with van der Waals surface area (Å²) in [4.78, 5) is 11.9. The molecule has 0 aromatic carbocycles. The lowest BCUT2D eigenvalue weighted by Gasteiger charge is -2.57. The van der Waals surface area contributed by atoms with Gasteiger partial charge in [0.2, 0.25) is 0 Å². The number of hydrogen-bond acceptors (Lipinski definition) is 1. The lowest BCUT2D eigenvalue weighted by molar-refractivity contribution is -0.117.